The van der Waals surface area contributed by atoms with E-state index in [1.807, 2.05) is 0 Å². The molecule has 0 radical (unpaired) electrons. The second-order valence-corrected chi connectivity index (χ2v) is 14.7. The Morgan fingerprint density at radius 3 is 1.32 bits per heavy atom. The fraction of sp³-hybridized carbons (Fsp3) is 0.975. The molecule has 7 nitrogen and oxygen atoms in total. The maximum Gasteiger partial charge on any atom is 0.217 e. The third-order valence-electron chi connectivity index (χ3n) is 10.2. The summed E-state index contributed by atoms with van der Waals surface area (Å²) in [7, 11) is 0. The predicted octanol–water partition coefficient (Wildman–Crippen LogP) is 9.53. The van der Waals surface area contributed by atoms with E-state index in [0.29, 0.717) is 12.5 Å². The summed E-state index contributed by atoms with van der Waals surface area (Å²) < 4.78 is 12.0. The van der Waals surface area contributed by atoms with Crippen molar-refractivity contribution in [2.24, 2.45) is 5.92 Å². The van der Waals surface area contributed by atoms with Crippen LogP contribution in [0.5, 0.6) is 0 Å². The molecule has 1 amide bonds. The number of hydrogen-bond acceptors (Lipinski definition) is 6. The Bertz CT molecular complexity index is 694. The first kappa shape index (κ1) is 44.3. The van der Waals surface area contributed by atoms with Crippen molar-refractivity contribution in [2.75, 3.05) is 13.2 Å². The Balaban J connectivity index is 2.40. The van der Waals surface area contributed by atoms with Gasteiger partial charge in [0.05, 0.1) is 13.2 Å². The fourth-order valence-electron chi connectivity index (χ4n) is 7.06. The second kappa shape index (κ2) is 31.3. The maximum absolute atomic E-state index is 11.8. The van der Waals surface area contributed by atoms with Crippen LogP contribution in [0.25, 0.3) is 0 Å². The van der Waals surface area contributed by atoms with Gasteiger partial charge in [0.1, 0.15) is 24.4 Å². The summed E-state index contributed by atoms with van der Waals surface area (Å²) in [6, 6.07) is -0.876. The van der Waals surface area contributed by atoms with Gasteiger partial charge in [-0.2, -0.15) is 0 Å². The minimum absolute atomic E-state index is 0.323. The summed E-state index contributed by atoms with van der Waals surface area (Å²) in [6.45, 7) is 5.99. The van der Waals surface area contributed by atoms with Crippen molar-refractivity contribution in [1.82, 2.24) is 5.32 Å². The molecule has 7 heteroatoms. The van der Waals surface area contributed by atoms with Gasteiger partial charge in [0.15, 0.2) is 6.29 Å². The molecular formula is C40H79NO6. The zero-order valence-corrected chi connectivity index (χ0v) is 31.2. The molecule has 6 atom stereocenters. The van der Waals surface area contributed by atoms with Crippen LogP contribution in [0.15, 0.2) is 0 Å². The SMILES string of the molecule is CCCCCCCCCCCCCCCCC(CCCCCCCCCCCCCC)CO[C@@H]1O[C@H](CO)[C@@H](O)[C@H](O)[C@H]1NC(C)=O. The van der Waals surface area contributed by atoms with Crippen molar-refractivity contribution >= 4 is 5.91 Å². The molecule has 280 valence electrons. The summed E-state index contributed by atoms with van der Waals surface area (Å²) in [5.41, 5.74) is 0. The van der Waals surface area contributed by atoms with Crippen molar-refractivity contribution < 1.29 is 29.6 Å². The third kappa shape index (κ3) is 23.3. The molecule has 47 heavy (non-hydrogen) atoms. The lowest BCUT2D eigenvalue weighted by Crippen LogP contribution is -2.64. The largest absolute Gasteiger partial charge is 0.394 e. The average molecular weight is 670 g/mol. The van der Waals surface area contributed by atoms with E-state index in [1.54, 1.807) is 0 Å². The molecular weight excluding hydrogens is 590 g/mol. The Morgan fingerprint density at radius 2 is 0.979 bits per heavy atom. The standard InChI is InChI=1S/C40H79NO6/c1-4-6-8-10-12-14-16-18-19-21-23-25-27-29-31-35(30-28-26-24-22-20-17-15-13-11-9-7-5-2)33-46-40-37(41-34(3)43)39(45)38(44)36(32-42)47-40/h35-40,42,44-45H,4-33H2,1-3H3,(H,41,43)/t35?,36-,37-,38-,39-,40-/m1/s1. The number of aliphatic hydroxyl groups is 3. The highest BCUT2D eigenvalue weighted by Crippen LogP contribution is 2.26. The van der Waals surface area contributed by atoms with E-state index in [9.17, 15) is 20.1 Å². The molecule has 0 aromatic carbocycles. The van der Waals surface area contributed by atoms with Crippen LogP contribution in [0, 0.1) is 5.92 Å². The lowest BCUT2D eigenvalue weighted by atomic mass is 9.94. The van der Waals surface area contributed by atoms with Gasteiger partial charge in [-0.25, -0.2) is 0 Å². The number of aliphatic hydroxyl groups excluding tert-OH is 3. The third-order valence-corrected chi connectivity index (χ3v) is 10.2. The van der Waals surface area contributed by atoms with Gasteiger partial charge in [0.2, 0.25) is 5.91 Å². The van der Waals surface area contributed by atoms with Crippen molar-refractivity contribution in [3.8, 4) is 0 Å². The number of amides is 1. The van der Waals surface area contributed by atoms with Gasteiger partial charge in [-0.3, -0.25) is 4.79 Å². The van der Waals surface area contributed by atoms with Gasteiger partial charge in [0, 0.05) is 6.92 Å². The van der Waals surface area contributed by atoms with Crippen LogP contribution in [0.1, 0.15) is 201 Å². The molecule has 1 aliphatic rings. The van der Waals surface area contributed by atoms with Crippen LogP contribution < -0.4 is 5.32 Å². The van der Waals surface area contributed by atoms with E-state index in [4.69, 9.17) is 9.47 Å². The van der Waals surface area contributed by atoms with Crippen LogP contribution in [0.3, 0.4) is 0 Å². The Labute approximate surface area is 290 Å². The van der Waals surface area contributed by atoms with Gasteiger partial charge < -0.3 is 30.1 Å². The molecule has 0 bridgehead atoms. The van der Waals surface area contributed by atoms with Gasteiger partial charge in [-0.15, -0.1) is 0 Å². The summed E-state index contributed by atoms with van der Waals surface area (Å²) >= 11 is 0. The molecule has 0 aromatic heterocycles. The average Bonchev–Trinajstić information content (AvgIpc) is 3.06. The predicted molar refractivity (Wildman–Crippen MR) is 195 cm³/mol. The van der Waals surface area contributed by atoms with E-state index >= 15 is 0 Å². The number of carbonyl (C=O) groups is 1. The number of unbranched alkanes of at least 4 members (excludes halogenated alkanes) is 24. The zero-order chi connectivity index (χ0) is 34.4. The van der Waals surface area contributed by atoms with Crippen LogP contribution >= 0.6 is 0 Å². The smallest absolute Gasteiger partial charge is 0.217 e. The molecule has 1 unspecified atom stereocenters. The first-order valence-electron chi connectivity index (χ1n) is 20.5. The van der Waals surface area contributed by atoms with E-state index in [1.165, 1.54) is 174 Å². The number of hydrogen-bond donors (Lipinski definition) is 4. The molecule has 0 aliphatic carbocycles. The molecule has 0 spiro atoms. The number of rotatable bonds is 33. The molecule has 1 heterocycles. The minimum Gasteiger partial charge on any atom is -0.394 e. The Morgan fingerprint density at radius 1 is 0.617 bits per heavy atom. The Kier molecular flexibility index (Phi) is 29.5. The normalized spacial score (nSPS) is 22.0. The van der Waals surface area contributed by atoms with Gasteiger partial charge in [-0.1, -0.05) is 181 Å². The van der Waals surface area contributed by atoms with Crippen LogP contribution in [-0.2, 0) is 14.3 Å². The van der Waals surface area contributed by atoms with Crippen LogP contribution in [0.2, 0.25) is 0 Å². The molecule has 1 rings (SSSR count). The van der Waals surface area contributed by atoms with E-state index in [0.717, 1.165) is 12.8 Å². The minimum atomic E-state index is -1.29. The highest BCUT2D eigenvalue weighted by molar-refractivity contribution is 5.73. The quantitative estimate of drug-likeness (QED) is 0.0519. The first-order valence-corrected chi connectivity index (χ1v) is 20.5. The highest BCUT2D eigenvalue weighted by Gasteiger charge is 2.45. The van der Waals surface area contributed by atoms with E-state index in [2.05, 4.69) is 19.2 Å². The zero-order valence-electron chi connectivity index (χ0n) is 31.2. The molecule has 0 aromatic rings. The van der Waals surface area contributed by atoms with Crippen molar-refractivity contribution in [3.05, 3.63) is 0 Å². The summed E-state index contributed by atoms with van der Waals surface area (Å²) in [6.07, 6.45) is 32.7. The van der Waals surface area contributed by atoms with Crippen molar-refractivity contribution in [3.63, 3.8) is 0 Å². The molecule has 1 fully saturated rings. The molecule has 1 aliphatic heterocycles. The van der Waals surface area contributed by atoms with E-state index in [-0.39, 0.29) is 5.91 Å². The molecule has 1 saturated heterocycles. The summed E-state index contributed by atoms with van der Waals surface area (Å²) in [5.74, 6) is 0.0601. The van der Waals surface area contributed by atoms with Gasteiger partial charge >= 0.3 is 0 Å². The number of nitrogens with one attached hydrogen (secondary N) is 1. The lowest BCUT2D eigenvalue weighted by molar-refractivity contribution is -0.272. The summed E-state index contributed by atoms with van der Waals surface area (Å²) in [5, 5.41) is 33.4. The van der Waals surface area contributed by atoms with E-state index < -0.39 is 37.3 Å². The Hall–Kier alpha value is -0.730. The van der Waals surface area contributed by atoms with Gasteiger partial charge in [0.25, 0.3) is 0 Å². The monoisotopic (exact) mass is 670 g/mol. The van der Waals surface area contributed by atoms with Crippen LogP contribution in [-0.4, -0.2) is 65.1 Å². The number of ether oxygens (including phenoxy) is 2. The number of carbonyl (C=O) groups excluding carboxylic acids is 1. The molecule has 4 N–H and O–H groups in total. The second-order valence-electron chi connectivity index (χ2n) is 14.7. The van der Waals surface area contributed by atoms with Crippen molar-refractivity contribution in [2.45, 2.75) is 231 Å². The van der Waals surface area contributed by atoms with Crippen LogP contribution in [0.4, 0.5) is 0 Å². The first-order chi connectivity index (χ1) is 22.9. The highest BCUT2D eigenvalue weighted by atomic mass is 16.7. The van der Waals surface area contributed by atoms with Gasteiger partial charge in [-0.05, 0) is 18.8 Å². The maximum atomic E-state index is 11.8. The topological polar surface area (TPSA) is 108 Å². The summed E-state index contributed by atoms with van der Waals surface area (Å²) in [4.78, 5) is 11.8. The fourth-order valence-corrected chi connectivity index (χ4v) is 7.06. The lowest BCUT2D eigenvalue weighted by Gasteiger charge is -2.42. The van der Waals surface area contributed by atoms with Crippen molar-refractivity contribution in [1.29, 1.82) is 0 Å². The molecule has 0 saturated carbocycles.